The molecule has 1 aliphatic carbocycles. The van der Waals surface area contributed by atoms with Gasteiger partial charge in [-0.05, 0) is 19.8 Å². The fourth-order valence-electron chi connectivity index (χ4n) is 1.57. The highest BCUT2D eigenvalue weighted by Gasteiger charge is 2.22. The predicted molar refractivity (Wildman–Crippen MR) is 51.1 cm³/mol. The van der Waals surface area contributed by atoms with E-state index in [-0.39, 0.29) is 5.97 Å². The maximum atomic E-state index is 11.3. The second-order valence-corrected chi connectivity index (χ2v) is 3.54. The number of nitrogens with zero attached hydrogens (tertiary/aromatic N) is 1. The van der Waals surface area contributed by atoms with Crippen molar-refractivity contribution in [1.82, 2.24) is 9.97 Å². The minimum absolute atomic E-state index is 0.328. The molecule has 14 heavy (non-hydrogen) atoms. The summed E-state index contributed by atoms with van der Waals surface area (Å²) in [5.41, 5.74) is 1.07. The Bertz CT molecular complexity index is 329. The quantitative estimate of drug-likeness (QED) is 0.747. The van der Waals surface area contributed by atoms with Crippen LogP contribution in [0.4, 0.5) is 0 Å². The van der Waals surface area contributed by atoms with Crippen molar-refractivity contribution in [1.29, 1.82) is 0 Å². The maximum Gasteiger partial charge on any atom is 0.374 e. The number of rotatable bonds is 3. The van der Waals surface area contributed by atoms with E-state index < -0.39 is 0 Å². The minimum atomic E-state index is -0.363. The minimum Gasteiger partial charge on any atom is -0.460 e. The van der Waals surface area contributed by atoms with Crippen molar-refractivity contribution in [3.8, 4) is 0 Å². The third-order valence-corrected chi connectivity index (χ3v) is 2.61. The number of ether oxygens (including phenoxy) is 1. The topological polar surface area (TPSA) is 55.0 Å². The summed E-state index contributed by atoms with van der Waals surface area (Å²) < 4.78 is 4.84. The zero-order valence-corrected chi connectivity index (χ0v) is 8.25. The summed E-state index contributed by atoms with van der Waals surface area (Å²) in [6.45, 7) is 2.17. The Morgan fingerprint density at radius 2 is 2.50 bits per heavy atom. The molecule has 4 nitrogen and oxygen atoms in total. The van der Waals surface area contributed by atoms with E-state index in [1.807, 2.05) is 0 Å². The lowest BCUT2D eigenvalue weighted by Crippen LogP contribution is -2.10. The number of hydrogen-bond donors (Lipinski definition) is 1. The molecule has 1 fully saturated rings. The van der Waals surface area contributed by atoms with Gasteiger partial charge in [0.15, 0.2) is 0 Å². The van der Waals surface area contributed by atoms with Crippen LogP contribution < -0.4 is 0 Å². The molecule has 0 saturated heterocycles. The Balaban J connectivity index is 2.05. The molecule has 2 rings (SSSR count). The van der Waals surface area contributed by atoms with Crippen LogP contribution in [-0.2, 0) is 4.74 Å². The molecule has 0 atom stereocenters. The Kier molecular flexibility index (Phi) is 2.52. The number of imidazole rings is 1. The molecule has 0 spiro atoms. The molecule has 0 aromatic carbocycles. The molecule has 0 radical (unpaired) electrons. The molecule has 1 heterocycles. The number of hydrogen-bond acceptors (Lipinski definition) is 3. The second-order valence-electron chi connectivity index (χ2n) is 3.54. The number of aromatic amines is 1. The lowest BCUT2D eigenvalue weighted by atomic mass is 9.83. The van der Waals surface area contributed by atoms with Gasteiger partial charge in [0.25, 0.3) is 0 Å². The van der Waals surface area contributed by atoms with Crippen LogP contribution in [-0.4, -0.2) is 22.5 Å². The van der Waals surface area contributed by atoms with Gasteiger partial charge in [0.2, 0.25) is 5.82 Å². The number of nitrogens with one attached hydrogen (secondary N) is 1. The molecule has 1 saturated carbocycles. The van der Waals surface area contributed by atoms with E-state index in [9.17, 15) is 4.79 Å². The zero-order valence-electron chi connectivity index (χ0n) is 8.25. The normalized spacial score (nSPS) is 16.4. The van der Waals surface area contributed by atoms with E-state index in [0.29, 0.717) is 18.3 Å². The predicted octanol–water partition coefficient (Wildman–Crippen LogP) is 1.85. The first kappa shape index (κ1) is 9.24. The third-order valence-electron chi connectivity index (χ3n) is 2.61. The molecule has 4 heteroatoms. The Morgan fingerprint density at radius 1 is 1.71 bits per heavy atom. The number of esters is 1. The number of H-pyrrole nitrogens is 1. The van der Waals surface area contributed by atoms with Gasteiger partial charge in [-0.25, -0.2) is 9.78 Å². The summed E-state index contributed by atoms with van der Waals surface area (Å²) in [5, 5.41) is 0. The summed E-state index contributed by atoms with van der Waals surface area (Å²) in [6.07, 6.45) is 5.42. The van der Waals surface area contributed by atoms with Crippen LogP contribution >= 0.6 is 0 Å². The van der Waals surface area contributed by atoms with E-state index in [2.05, 4.69) is 9.97 Å². The van der Waals surface area contributed by atoms with Crippen LogP contribution in [0, 0.1) is 0 Å². The molecule has 76 valence electrons. The average molecular weight is 194 g/mol. The molecular formula is C10H14N2O2. The van der Waals surface area contributed by atoms with Crippen LogP contribution in [0.15, 0.2) is 6.20 Å². The maximum absolute atomic E-state index is 11.3. The monoisotopic (exact) mass is 194 g/mol. The lowest BCUT2D eigenvalue weighted by Gasteiger charge is -2.23. The fourth-order valence-corrected chi connectivity index (χ4v) is 1.57. The first-order chi connectivity index (χ1) is 6.81. The van der Waals surface area contributed by atoms with E-state index in [1.165, 1.54) is 19.3 Å². The summed E-state index contributed by atoms with van der Waals surface area (Å²) in [6, 6.07) is 0. The van der Waals surface area contributed by atoms with Crippen LogP contribution in [0.1, 0.15) is 48.4 Å². The van der Waals surface area contributed by atoms with Crippen molar-refractivity contribution in [3.05, 3.63) is 17.7 Å². The fraction of sp³-hybridized carbons (Fsp3) is 0.600. The van der Waals surface area contributed by atoms with Gasteiger partial charge in [-0.1, -0.05) is 6.42 Å². The molecule has 0 unspecified atom stereocenters. The van der Waals surface area contributed by atoms with Gasteiger partial charge in [-0.15, -0.1) is 0 Å². The van der Waals surface area contributed by atoms with Crippen molar-refractivity contribution in [2.24, 2.45) is 0 Å². The average Bonchev–Trinajstić information content (AvgIpc) is 2.50. The van der Waals surface area contributed by atoms with E-state index in [4.69, 9.17) is 4.74 Å². The lowest BCUT2D eigenvalue weighted by molar-refractivity contribution is 0.0513. The Morgan fingerprint density at radius 3 is 3.07 bits per heavy atom. The molecule has 1 aromatic heterocycles. The molecule has 0 aliphatic heterocycles. The van der Waals surface area contributed by atoms with Crippen molar-refractivity contribution < 1.29 is 9.53 Å². The van der Waals surface area contributed by atoms with Gasteiger partial charge in [0.1, 0.15) is 0 Å². The molecule has 1 aromatic rings. The summed E-state index contributed by atoms with van der Waals surface area (Å²) in [5.74, 6) is 0.539. The second kappa shape index (κ2) is 3.82. The highest BCUT2D eigenvalue weighted by atomic mass is 16.5. The highest BCUT2D eigenvalue weighted by molar-refractivity contribution is 5.85. The van der Waals surface area contributed by atoms with E-state index >= 15 is 0 Å². The van der Waals surface area contributed by atoms with Crippen LogP contribution in [0.3, 0.4) is 0 Å². The van der Waals surface area contributed by atoms with Crippen molar-refractivity contribution in [2.75, 3.05) is 6.61 Å². The van der Waals surface area contributed by atoms with Crippen LogP contribution in [0.25, 0.3) is 0 Å². The van der Waals surface area contributed by atoms with Crippen molar-refractivity contribution in [2.45, 2.75) is 32.1 Å². The molecule has 0 amide bonds. The van der Waals surface area contributed by atoms with Crippen LogP contribution in [0.2, 0.25) is 0 Å². The standard InChI is InChI=1S/C10H14N2O2/c1-2-14-10(13)9-11-6-8(12-9)7-4-3-5-7/h6-7H,2-5H2,1H3,(H,11,12). The SMILES string of the molecule is CCOC(=O)c1ncc(C2CCC2)[nH]1. The zero-order chi connectivity index (χ0) is 9.97. The first-order valence-electron chi connectivity index (χ1n) is 5.03. The Hall–Kier alpha value is -1.32. The highest BCUT2D eigenvalue weighted by Crippen LogP contribution is 2.35. The van der Waals surface area contributed by atoms with Crippen LogP contribution in [0.5, 0.6) is 0 Å². The van der Waals surface area contributed by atoms with Crippen molar-refractivity contribution >= 4 is 5.97 Å². The summed E-state index contributed by atoms with van der Waals surface area (Å²) in [7, 11) is 0. The summed E-state index contributed by atoms with van der Waals surface area (Å²) >= 11 is 0. The molecule has 1 N–H and O–H groups in total. The van der Waals surface area contributed by atoms with Gasteiger partial charge in [0, 0.05) is 17.8 Å². The molecular weight excluding hydrogens is 180 g/mol. The van der Waals surface area contributed by atoms with Gasteiger partial charge in [-0.3, -0.25) is 0 Å². The van der Waals surface area contributed by atoms with Gasteiger partial charge < -0.3 is 9.72 Å². The van der Waals surface area contributed by atoms with E-state index in [1.54, 1.807) is 13.1 Å². The number of carbonyl (C=O) groups excluding carboxylic acids is 1. The van der Waals surface area contributed by atoms with Crippen molar-refractivity contribution in [3.63, 3.8) is 0 Å². The van der Waals surface area contributed by atoms with Gasteiger partial charge in [0.05, 0.1) is 6.61 Å². The van der Waals surface area contributed by atoms with Gasteiger partial charge in [-0.2, -0.15) is 0 Å². The largest absolute Gasteiger partial charge is 0.460 e. The first-order valence-corrected chi connectivity index (χ1v) is 5.03. The number of aromatic nitrogens is 2. The molecule has 1 aliphatic rings. The molecule has 0 bridgehead atoms. The van der Waals surface area contributed by atoms with E-state index in [0.717, 1.165) is 5.69 Å². The van der Waals surface area contributed by atoms with Gasteiger partial charge >= 0.3 is 5.97 Å². The third kappa shape index (κ3) is 1.64. The summed E-state index contributed by atoms with van der Waals surface area (Å²) in [4.78, 5) is 18.3. The number of carbonyl (C=O) groups is 1. The Labute approximate surface area is 82.7 Å². The smallest absolute Gasteiger partial charge is 0.374 e.